The van der Waals surface area contributed by atoms with Gasteiger partial charge in [-0.05, 0) is 12.8 Å². The third-order valence-corrected chi connectivity index (χ3v) is 4.46. The molecule has 27 heavy (non-hydrogen) atoms. The molecular formula is C18H27N3O6. The third kappa shape index (κ3) is 6.76. The van der Waals surface area contributed by atoms with Gasteiger partial charge in [0.15, 0.2) is 5.79 Å². The van der Waals surface area contributed by atoms with E-state index in [1.807, 2.05) is 0 Å². The van der Waals surface area contributed by atoms with Crippen LogP contribution < -0.4 is 10.6 Å². The Hall–Kier alpha value is -2.26. The minimum absolute atomic E-state index is 0.0531. The molecule has 150 valence electrons. The second kappa shape index (κ2) is 10.2. The smallest absolute Gasteiger partial charge is 0.253 e. The number of ether oxygens (including phenoxy) is 2. The molecule has 2 rings (SSSR count). The lowest BCUT2D eigenvalue weighted by molar-refractivity contribution is -0.230. The van der Waals surface area contributed by atoms with Crippen molar-refractivity contribution in [2.75, 3.05) is 32.8 Å². The summed E-state index contributed by atoms with van der Waals surface area (Å²) in [7, 11) is 0. The fraction of sp³-hybridized carbons (Fsp3) is 0.667. The van der Waals surface area contributed by atoms with Crippen molar-refractivity contribution >= 4 is 23.6 Å². The average molecular weight is 381 g/mol. The number of carbonyl (C=O) groups excluding carboxylic acids is 4. The lowest BCUT2D eigenvalue weighted by Crippen LogP contribution is -2.39. The summed E-state index contributed by atoms with van der Waals surface area (Å²) in [5, 5.41) is 5.39. The van der Waals surface area contributed by atoms with Gasteiger partial charge in [0, 0.05) is 58.0 Å². The Balaban J connectivity index is 1.62. The predicted octanol–water partition coefficient (Wildman–Crippen LogP) is -0.143. The van der Waals surface area contributed by atoms with Crippen molar-refractivity contribution in [3.05, 3.63) is 12.2 Å². The Kier molecular flexibility index (Phi) is 7.93. The second-order valence-corrected chi connectivity index (χ2v) is 6.56. The zero-order chi connectivity index (χ0) is 19.7. The highest BCUT2D eigenvalue weighted by atomic mass is 16.7. The Morgan fingerprint density at radius 1 is 1.04 bits per heavy atom. The molecule has 0 bridgehead atoms. The molecule has 1 saturated carbocycles. The summed E-state index contributed by atoms with van der Waals surface area (Å²) in [5.74, 6) is -1.79. The van der Waals surface area contributed by atoms with Crippen molar-refractivity contribution in [1.29, 1.82) is 0 Å². The van der Waals surface area contributed by atoms with Crippen LogP contribution in [0.2, 0.25) is 0 Å². The standard InChI is InChI=1S/C18H27N3O6/c1-14(22)19-9-12-26-18(7-2-3-8-18)27-13-10-20-15(23)6-11-21-16(24)4-5-17(21)25/h4-5H,2-3,6-13H2,1H3,(H,19,22)(H,20,23). The first-order valence-electron chi connectivity index (χ1n) is 9.24. The molecule has 0 aromatic heterocycles. The molecule has 1 aliphatic heterocycles. The van der Waals surface area contributed by atoms with E-state index in [1.165, 1.54) is 19.1 Å². The zero-order valence-corrected chi connectivity index (χ0v) is 15.6. The quantitative estimate of drug-likeness (QED) is 0.292. The van der Waals surface area contributed by atoms with Crippen LogP contribution in [-0.2, 0) is 28.7 Å². The molecule has 9 nitrogen and oxygen atoms in total. The van der Waals surface area contributed by atoms with Crippen LogP contribution in [0.3, 0.4) is 0 Å². The molecule has 0 atom stereocenters. The summed E-state index contributed by atoms with van der Waals surface area (Å²) in [6.07, 6.45) is 6.04. The van der Waals surface area contributed by atoms with Gasteiger partial charge in [-0.25, -0.2) is 0 Å². The molecule has 0 spiro atoms. The molecule has 0 saturated heterocycles. The summed E-state index contributed by atoms with van der Waals surface area (Å²) >= 11 is 0. The van der Waals surface area contributed by atoms with Crippen molar-refractivity contribution in [3.63, 3.8) is 0 Å². The Morgan fingerprint density at radius 3 is 2.15 bits per heavy atom. The number of amides is 4. The number of nitrogens with zero attached hydrogens (tertiary/aromatic N) is 1. The number of hydrogen-bond acceptors (Lipinski definition) is 6. The Bertz CT molecular complexity index is 580. The number of carbonyl (C=O) groups is 4. The molecule has 1 heterocycles. The number of hydrogen-bond donors (Lipinski definition) is 2. The van der Waals surface area contributed by atoms with Crippen LogP contribution >= 0.6 is 0 Å². The first kappa shape index (κ1) is 21.0. The first-order chi connectivity index (χ1) is 12.9. The van der Waals surface area contributed by atoms with Crippen molar-refractivity contribution in [3.8, 4) is 0 Å². The van der Waals surface area contributed by atoms with E-state index in [2.05, 4.69) is 10.6 Å². The minimum Gasteiger partial charge on any atom is -0.354 e. The molecule has 0 aromatic rings. The highest BCUT2D eigenvalue weighted by Gasteiger charge is 2.35. The van der Waals surface area contributed by atoms with E-state index in [-0.39, 0.29) is 24.8 Å². The van der Waals surface area contributed by atoms with Crippen LogP contribution in [0.4, 0.5) is 0 Å². The van der Waals surface area contributed by atoms with E-state index in [1.54, 1.807) is 0 Å². The largest absolute Gasteiger partial charge is 0.354 e. The van der Waals surface area contributed by atoms with Gasteiger partial charge >= 0.3 is 0 Å². The Labute approximate surface area is 158 Å². The van der Waals surface area contributed by atoms with E-state index >= 15 is 0 Å². The van der Waals surface area contributed by atoms with Crippen molar-refractivity contribution in [2.24, 2.45) is 0 Å². The maximum Gasteiger partial charge on any atom is 0.253 e. The maximum absolute atomic E-state index is 11.9. The summed E-state index contributed by atoms with van der Waals surface area (Å²) in [4.78, 5) is 46.6. The summed E-state index contributed by atoms with van der Waals surface area (Å²) in [6, 6.07) is 0. The molecule has 0 radical (unpaired) electrons. The van der Waals surface area contributed by atoms with Gasteiger partial charge in [0.2, 0.25) is 11.8 Å². The van der Waals surface area contributed by atoms with Crippen LogP contribution in [-0.4, -0.2) is 67.2 Å². The van der Waals surface area contributed by atoms with Crippen molar-refractivity contribution < 1.29 is 28.7 Å². The summed E-state index contributed by atoms with van der Waals surface area (Å²) in [6.45, 7) is 2.94. The SMILES string of the molecule is CC(=O)NCCOC1(OCCNC(=O)CCN2C(=O)C=CC2=O)CCCC1. The first-order valence-corrected chi connectivity index (χ1v) is 9.24. The lowest BCUT2D eigenvalue weighted by atomic mass is 10.2. The topological polar surface area (TPSA) is 114 Å². The van der Waals surface area contributed by atoms with Gasteiger partial charge in [-0.2, -0.15) is 0 Å². The van der Waals surface area contributed by atoms with Gasteiger partial charge in [0.1, 0.15) is 0 Å². The monoisotopic (exact) mass is 381 g/mol. The third-order valence-electron chi connectivity index (χ3n) is 4.46. The normalized spacial score (nSPS) is 18.2. The lowest BCUT2D eigenvalue weighted by Gasteiger charge is -2.29. The maximum atomic E-state index is 11.9. The number of imide groups is 1. The summed E-state index contributed by atoms with van der Waals surface area (Å²) in [5.41, 5.74) is 0. The zero-order valence-electron chi connectivity index (χ0n) is 15.6. The van der Waals surface area contributed by atoms with Gasteiger partial charge in [-0.1, -0.05) is 0 Å². The summed E-state index contributed by atoms with van der Waals surface area (Å²) < 4.78 is 11.7. The Morgan fingerprint density at radius 2 is 1.59 bits per heavy atom. The molecule has 9 heteroatoms. The fourth-order valence-corrected chi connectivity index (χ4v) is 3.09. The molecule has 1 aliphatic carbocycles. The van der Waals surface area contributed by atoms with Crippen LogP contribution in [0, 0.1) is 0 Å². The van der Waals surface area contributed by atoms with E-state index in [0.717, 1.165) is 30.6 Å². The fourth-order valence-electron chi connectivity index (χ4n) is 3.09. The van der Waals surface area contributed by atoms with Gasteiger partial charge in [-0.3, -0.25) is 24.1 Å². The van der Waals surface area contributed by atoms with Crippen LogP contribution in [0.25, 0.3) is 0 Å². The molecule has 0 aromatic carbocycles. The van der Waals surface area contributed by atoms with Gasteiger partial charge in [-0.15, -0.1) is 0 Å². The van der Waals surface area contributed by atoms with E-state index in [0.29, 0.717) is 26.3 Å². The number of nitrogens with one attached hydrogen (secondary N) is 2. The van der Waals surface area contributed by atoms with Crippen LogP contribution in [0.15, 0.2) is 12.2 Å². The van der Waals surface area contributed by atoms with Gasteiger partial charge in [0.25, 0.3) is 11.8 Å². The molecule has 1 fully saturated rings. The van der Waals surface area contributed by atoms with Crippen molar-refractivity contribution in [2.45, 2.75) is 44.8 Å². The second-order valence-electron chi connectivity index (χ2n) is 6.56. The van der Waals surface area contributed by atoms with Gasteiger partial charge < -0.3 is 20.1 Å². The van der Waals surface area contributed by atoms with Crippen molar-refractivity contribution in [1.82, 2.24) is 15.5 Å². The van der Waals surface area contributed by atoms with E-state index < -0.39 is 17.6 Å². The molecule has 4 amide bonds. The van der Waals surface area contributed by atoms with Crippen LogP contribution in [0.1, 0.15) is 39.0 Å². The highest BCUT2D eigenvalue weighted by Crippen LogP contribution is 2.34. The highest BCUT2D eigenvalue weighted by molar-refractivity contribution is 6.13. The van der Waals surface area contributed by atoms with Crippen LogP contribution in [0.5, 0.6) is 0 Å². The van der Waals surface area contributed by atoms with E-state index in [4.69, 9.17) is 9.47 Å². The van der Waals surface area contributed by atoms with Gasteiger partial charge in [0.05, 0.1) is 13.2 Å². The number of rotatable bonds is 11. The average Bonchev–Trinajstić information content (AvgIpc) is 3.22. The molecule has 2 N–H and O–H groups in total. The molecule has 0 unspecified atom stereocenters. The van der Waals surface area contributed by atoms with E-state index in [9.17, 15) is 19.2 Å². The molecular weight excluding hydrogens is 354 g/mol. The minimum atomic E-state index is -0.650. The molecule has 2 aliphatic rings. The predicted molar refractivity (Wildman–Crippen MR) is 95.3 cm³/mol.